The minimum Gasteiger partial charge on any atom is -0.386 e. The number of nitrogens with zero attached hydrogens (tertiary/aromatic N) is 2. The quantitative estimate of drug-likeness (QED) is 0.829. The maximum atomic E-state index is 13.3. The van der Waals surface area contributed by atoms with Crippen LogP contribution in [0.25, 0.3) is 0 Å². The maximum absolute atomic E-state index is 13.3. The fourth-order valence-corrected chi connectivity index (χ4v) is 1.39. The van der Waals surface area contributed by atoms with Gasteiger partial charge in [-0.25, -0.2) is 8.78 Å². The van der Waals surface area contributed by atoms with Crippen LogP contribution in [0.1, 0.15) is 17.4 Å². The van der Waals surface area contributed by atoms with Crippen LogP contribution < -0.4 is 0 Å². The van der Waals surface area contributed by atoms with E-state index in [4.69, 9.17) is 0 Å². The van der Waals surface area contributed by atoms with Gasteiger partial charge in [-0.05, 0) is 11.6 Å². The molecule has 1 unspecified atom stereocenters. The molecule has 0 aliphatic heterocycles. The number of hydrogen-bond acceptors (Lipinski definition) is 3. The van der Waals surface area contributed by atoms with Crippen molar-refractivity contribution in [3.63, 3.8) is 0 Å². The average molecular weight is 225 g/mol. The SMILES string of the molecule is OC(Cc1cccc(F)c1F)c1cn[nH]n1. The van der Waals surface area contributed by atoms with Crippen molar-refractivity contribution in [2.75, 3.05) is 0 Å². The summed E-state index contributed by atoms with van der Waals surface area (Å²) in [5.41, 5.74) is 0.402. The number of halogens is 2. The van der Waals surface area contributed by atoms with E-state index >= 15 is 0 Å². The Labute approximate surface area is 89.9 Å². The molecule has 1 atom stereocenters. The van der Waals surface area contributed by atoms with Crippen LogP contribution in [0.4, 0.5) is 8.78 Å². The Morgan fingerprint density at radius 2 is 2.19 bits per heavy atom. The predicted molar refractivity (Wildman–Crippen MR) is 51.4 cm³/mol. The summed E-state index contributed by atoms with van der Waals surface area (Å²) in [5, 5.41) is 19.2. The van der Waals surface area contributed by atoms with Gasteiger partial charge in [0.2, 0.25) is 0 Å². The third kappa shape index (κ3) is 2.06. The summed E-state index contributed by atoms with van der Waals surface area (Å²) in [7, 11) is 0. The van der Waals surface area contributed by atoms with Crippen LogP contribution in [0.15, 0.2) is 24.4 Å². The topological polar surface area (TPSA) is 61.8 Å². The van der Waals surface area contributed by atoms with Crippen molar-refractivity contribution in [2.24, 2.45) is 0 Å². The molecule has 1 aromatic carbocycles. The maximum Gasteiger partial charge on any atom is 0.162 e. The lowest BCUT2D eigenvalue weighted by atomic mass is 10.1. The van der Waals surface area contributed by atoms with Gasteiger partial charge in [0.15, 0.2) is 11.6 Å². The van der Waals surface area contributed by atoms with E-state index in [1.54, 1.807) is 0 Å². The summed E-state index contributed by atoms with van der Waals surface area (Å²) in [5.74, 6) is -1.87. The first-order chi connectivity index (χ1) is 7.68. The summed E-state index contributed by atoms with van der Waals surface area (Å²) < 4.78 is 26.2. The van der Waals surface area contributed by atoms with Crippen LogP contribution in [0, 0.1) is 11.6 Å². The van der Waals surface area contributed by atoms with Crippen LogP contribution in [0.5, 0.6) is 0 Å². The van der Waals surface area contributed by atoms with Crippen molar-refractivity contribution in [3.8, 4) is 0 Å². The number of H-pyrrole nitrogens is 1. The zero-order valence-corrected chi connectivity index (χ0v) is 8.19. The van der Waals surface area contributed by atoms with Crippen LogP contribution in [0.3, 0.4) is 0 Å². The van der Waals surface area contributed by atoms with Gasteiger partial charge in [0.05, 0.1) is 6.20 Å². The second kappa shape index (κ2) is 4.36. The number of benzene rings is 1. The van der Waals surface area contributed by atoms with Gasteiger partial charge in [-0.3, -0.25) is 0 Å². The molecule has 84 valence electrons. The molecule has 2 N–H and O–H groups in total. The van der Waals surface area contributed by atoms with E-state index < -0.39 is 17.7 Å². The molecule has 0 radical (unpaired) electrons. The Morgan fingerprint density at radius 3 is 2.88 bits per heavy atom. The van der Waals surface area contributed by atoms with E-state index in [0.29, 0.717) is 5.69 Å². The molecule has 6 heteroatoms. The monoisotopic (exact) mass is 225 g/mol. The molecular weight excluding hydrogens is 216 g/mol. The van der Waals surface area contributed by atoms with Crippen LogP contribution in [-0.2, 0) is 6.42 Å². The molecule has 0 saturated heterocycles. The molecule has 0 spiro atoms. The van der Waals surface area contributed by atoms with Crippen molar-refractivity contribution in [2.45, 2.75) is 12.5 Å². The Kier molecular flexibility index (Phi) is 2.91. The summed E-state index contributed by atoms with van der Waals surface area (Å²) in [6.45, 7) is 0. The molecule has 1 heterocycles. The second-order valence-electron chi connectivity index (χ2n) is 3.33. The lowest BCUT2D eigenvalue weighted by Crippen LogP contribution is -2.05. The van der Waals surface area contributed by atoms with Gasteiger partial charge in [-0.15, -0.1) is 0 Å². The van der Waals surface area contributed by atoms with Gasteiger partial charge >= 0.3 is 0 Å². The summed E-state index contributed by atoms with van der Waals surface area (Å²) >= 11 is 0. The van der Waals surface area contributed by atoms with E-state index in [1.165, 1.54) is 18.3 Å². The molecule has 0 aliphatic rings. The Hall–Kier alpha value is -1.82. The number of aliphatic hydroxyl groups excluding tert-OH is 1. The molecule has 2 aromatic rings. The van der Waals surface area contributed by atoms with E-state index in [9.17, 15) is 13.9 Å². The average Bonchev–Trinajstić information content (AvgIpc) is 2.78. The Bertz CT molecular complexity index is 473. The lowest BCUT2D eigenvalue weighted by Gasteiger charge is -2.08. The summed E-state index contributed by atoms with van der Waals surface area (Å²) in [6.07, 6.45) is 0.285. The fourth-order valence-electron chi connectivity index (χ4n) is 1.39. The van der Waals surface area contributed by atoms with Crippen molar-refractivity contribution in [1.29, 1.82) is 0 Å². The Morgan fingerprint density at radius 1 is 1.38 bits per heavy atom. The zero-order valence-electron chi connectivity index (χ0n) is 8.19. The predicted octanol–water partition coefficient (Wildman–Crippen LogP) is 1.36. The first-order valence-corrected chi connectivity index (χ1v) is 4.65. The van der Waals surface area contributed by atoms with E-state index in [-0.39, 0.29) is 12.0 Å². The number of aromatic nitrogens is 3. The van der Waals surface area contributed by atoms with Gasteiger partial charge in [-0.2, -0.15) is 15.4 Å². The van der Waals surface area contributed by atoms with E-state index in [0.717, 1.165) is 6.07 Å². The highest BCUT2D eigenvalue weighted by atomic mass is 19.2. The molecule has 0 saturated carbocycles. The van der Waals surface area contributed by atoms with Gasteiger partial charge in [-0.1, -0.05) is 12.1 Å². The number of aliphatic hydroxyl groups is 1. The molecule has 0 bridgehead atoms. The van der Waals surface area contributed by atoms with E-state index in [1.807, 2.05) is 0 Å². The molecule has 0 aliphatic carbocycles. The van der Waals surface area contributed by atoms with Crippen LogP contribution in [0.2, 0.25) is 0 Å². The number of hydrogen-bond donors (Lipinski definition) is 2. The normalized spacial score (nSPS) is 12.7. The highest BCUT2D eigenvalue weighted by Crippen LogP contribution is 2.19. The molecule has 0 amide bonds. The number of aromatic amines is 1. The first kappa shape index (κ1) is 10.7. The van der Waals surface area contributed by atoms with E-state index in [2.05, 4.69) is 15.4 Å². The largest absolute Gasteiger partial charge is 0.386 e. The summed E-state index contributed by atoms with van der Waals surface area (Å²) in [6, 6.07) is 3.84. The van der Waals surface area contributed by atoms with Gasteiger partial charge in [0.1, 0.15) is 11.8 Å². The van der Waals surface area contributed by atoms with Gasteiger partial charge in [0.25, 0.3) is 0 Å². The van der Waals surface area contributed by atoms with Crippen molar-refractivity contribution >= 4 is 0 Å². The van der Waals surface area contributed by atoms with Gasteiger partial charge < -0.3 is 5.11 Å². The summed E-state index contributed by atoms with van der Waals surface area (Å²) in [4.78, 5) is 0. The van der Waals surface area contributed by atoms with Crippen LogP contribution >= 0.6 is 0 Å². The van der Waals surface area contributed by atoms with Crippen LogP contribution in [-0.4, -0.2) is 20.5 Å². The fraction of sp³-hybridized carbons (Fsp3) is 0.200. The molecule has 0 fully saturated rings. The standard InChI is InChI=1S/C10H9F2N3O/c11-7-3-1-2-6(10(7)12)4-9(16)8-5-13-15-14-8/h1-3,5,9,16H,4H2,(H,13,14,15). The third-order valence-corrected chi connectivity index (χ3v) is 2.22. The van der Waals surface area contributed by atoms with Gasteiger partial charge in [0, 0.05) is 6.42 Å². The molecule has 16 heavy (non-hydrogen) atoms. The zero-order chi connectivity index (χ0) is 11.5. The lowest BCUT2D eigenvalue weighted by molar-refractivity contribution is 0.172. The minimum atomic E-state index is -1.00. The van der Waals surface area contributed by atoms with Crippen molar-refractivity contribution in [3.05, 3.63) is 47.3 Å². The molecular formula is C10H9F2N3O. The smallest absolute Gasteiger partial charge is 0.162 e. The minimum absolute atomic E-state index is 0.0455. The Balaban J connectivity index is 2.18. The molecule has 1 aromatic heterocycles. The third-order valence-electron chi connectivity index (χ3n) is 2.22. The first-order valence-electron chi connectivity index (χ1n) is 4.65. The highest BCUT2D eigenvalue weighted by Gasteiger charge is 2.15. The number of nitrogens with one attached hydrogen (secondary N) is 1. The molecule has 2 rings (SSSR count). The van der Waals surface area contributed by atoms with Crippen molar-refractivity contribution in [1.82, 2.24) is 15.4 Å². The number of rotatable bonds is 3. The highest BCUT2D eigenvalue weighted by molar-refractivity contribution is 5.20. The molecule has 4 nitrogen and oxygen atoms in total. The second-order valence-corrected chi connectivity index (χ2v) is 3.33. The van der Waals surface area contributed by atoms with Crippen molar-refractivity contribution < 1.29 is 13.9 Å².